The third kappa shape index (κ3) is 5.92. The molecule has 1 aliphatic rings. The zero-order valence-corrected chi connectivity index (χ0v) is 24.1. The molecule has 0 saturated heterocycles. The number of carbonyl (C=O) groups excluding carboxylic acids is 1. The molecule has 0 N–H and O–H groups in total. The molecule has 0 bridgehead atoms. The van der Waals surface area contributed by atoms with Gasteiger partial charge in [0.2, 0.25) is 5.82 Å². The largest absolute Gasteiger partial charge is 0.494 e. The Morgan fingerprint density at radius 2 is 1.82 bits per heavy atom. The predicted molar refractivity (Wildman–Crippen MR) is 163 cm³/mol. The Bertz CT molecular complexity index is 1890. The van der Waals surface area contributed by atoms with E-state index in [2.05, 4.69) is 21.7 Å². The number of benzene rings is 3. The Hall–Kier alpha value is -5.72. The maximum atomic E-state index is 14.6. The molecule has 1 saturated carbocycles. The highest BCUT2D eigenvalue weighted by Crippen LogP contribution is 2.39. The molecule has 0 spiro atoms. The van der Waals surface area contributed by atoms with E-state index in [1.807, 2.05) is 4.68 Å². The third-order valence-corrected chi connectivity index (χ3v) is 7.65. The fourth-order valence-corrected chi connectivity index (χ4v) is 5.46. The van der Waals surface area contributed by atoms with Gasteiger partial charge in [-0.05, 0) is 74.5 Å². The molecule has 12 nitrogen and oxygen atoms in total. The topological polar surface area (TPSA) is 144 Å². The molecule has 1 fully saturated rings. The van der Waals surface area contributed by atoms with Crippen molar-refractivity contribution in [1.82, 2.24) is 19.7 Å². The number of aromatic nitrogens is 4. The van der Waals surface area contributed by atoms with Crippen LogP contribution in [0.1, 0.15) is 42.1 Å². The van der Waals surface area contributed by atoms with E-state index in [1.165, 1.54) is 49.8 Å². The summed E-state index contributed by atoms with van der Waals surface area (Å²) in [6.45, 7) is 3.67. The standard InChI is InChI=1S/C32H27FN6O6/c1-34-30-27-29(19-11-15-23(16-12-19)44-26-8-4-7-25(43-2)28(26)33)37-38(31(27)36-18-35-30)22-5-3-6-24(17-22)45-32(40)20-9-13-21(14-10-20)39(41)42/h4,7-16,18,22,24H,1,3,5-6,17H2,2H3/t22-,24-/m0/s1. The molecule has 1 aliphatic carbocycles. The maximum absolute atomic E-state index is 14.6. The number of fused-ring (bicyclic) bond motifs is 1. The summed E-state index contributed by atoms with van der Waals surface area (Å²) in [7, 11) is 1.39. The molecule has 2 aromatic heterocycles. The summed E-state index contributed by atoms with van der Waals surface area (Å²) < 4.78 is 33.0. The van der Waals surface area contributed by atoms with Crippen LogP contribution in [0.4, 0.5) is 15.9 Å². The number of rotatable bonds is 9. The highest BCUT2D eigenvalue weighted by molar-refractivity contribution is 5.98. The second-order valence-electron chi connectivity index (χ2n) is 10.4. The predicted octanol–water partition coefficient (Wildman–Crippen LogP) is 7.01. The van der Waals surface area contributed by atoms with E-state index in [-0.39, 0.29) is 34.9 Å². The Kier molecular flexibility index (Phi) is 8.14. The van der Waals surface area contributed by atoms with Gasteiger partial charge in [-0.25, -0.2) is 24.4 Å². The van der Waals surface area contributed by atoms with Crippen LogP contribution in [0.2, 0.25) is 0 Å². The highest BCUT2D eigenvalue weighted by Gasteiger charge is 2.30. The van der Waals surface area contributed by atoms with E-state index in [1.54, 1.807) is 30.3 Å². The molecular weight excluding hydrogens is 583 g/mol. The molecule has 3 aromatic carbocycles. The molecular formula is C32H27FN6O6. The quantitative estimate of drug-likeness (QED) is 0.0744. The van der Waals surface area contributed by atoms with Crippen molar-refractivity contribution in [3.8, 4) is 28.5 Å². The first-order valence-corrected chi connectivity index (χ1v) is 14.1. The van der Waals surface area contributed by atoms with Gasteiger partial charge in [0, 0.05) is 24.1 Å². The molecule has 0 radical (unpaired) electrons. The minimum absolute atomic E-state index is 0.0319. The van der Waals surface area contributed by atoms with Gasteiger partial charge in [0.15, 0.2) is 23.0 Å². The van der Waals surface area contributed by atoms with E-state index < -0.39 is 16.7 Å². The van der Waals surface area contributed by atoms with Gasteiger partial charge in [-0.1, -0.05) is 6.07 Å². The molecule has 5 aromatic rings. The van der Waals surface area contributed by atoms with Crippen molar-refractivity contribution in [2.75, 3.05) is 7.11 Å². The molecule has 2 atom stereocenters. The van der Waals surface area contributed by atoms with E-state index in [0.717, 1.165) is 18.4 Å². The van der Waals surface area contributed by atoms with E-state index in [9.17, 15) is 19.3 Å². The van der Waals surface area contributed by atoms with Crippen molar-refractivity contribution >= 4 is 35.2 Å². The minimum Gasteiger partial charge on any atom is -0.494 e. The van der Waals surface area contributed by atoms with Crippen molar-refractivity contribution in [1.29, 1.82) is 0 Å². The average molecular weight is 611 g/mol. The average Bonchev–Trinajstić information content (AvgIpc) is 3.46. The molecule has 45 heavy (non-hydrogen) atoms. The third-order valence-electron chi connectivity index (χ3n) is 7.65. The zero-order valence-electron chi connectivity index (χ0n) is 24.1. The maximum Gasteiger partial charge on any atom is 0.338 e. The van der Waals surface area contributed by atoms with Crippen LogP contribution in [0.5, 0.6) is 17.2 Å². The Morgan fingerprint density at radius 3 is 2.53 bits per heavy atom. The summed E-state index contributed by atoms with van der Waals surface area (Å²) in [5.41, 5.74) is 2.01. The van der Waals surface area contributed by atoms with Crippen molar-refractivity contribution in [2.24, 2.45) is 4.99 Å². The number of non-ortho nitro benzene ring substituents is 1. The summed E-state index contributed by atoms with van der Waals surface area (Å²) in [6.07, 6.45) is 3.75. The number of carbonyl (C=O) groups is 1. The van der Waals surface area contributed by atoms with Crippen LogP contribution in [0.15, 0.2) is 78.0 Å². The lowest BCUT2D eigenvalue weighted by Crippen LogP contribution is -2.28. The SMILES string of the molecule is C=Nc1ncnc2c1c(-c1ccc(Oc3cccc(OC)c3F)cc1)nn2[C@H]1CCC[C@H](OC(=O)c2ccc([N+](=O)[O-])cc2)C1. The molecule has 13 heteroatoms. The van der Waals surface area contributed by atoms with Crippen LogP contribution in [0.3, 0.4) is 0 Å². The number of nitrogens with zero attached hydrogens (tertiary/aromatic N) is 6. The zero-order chi connectivity index (χ0) is 31.5. The van der Waals surface area contributed by atoms with Gasteiger partial charge in [-0.2, -0.15) is 9.49 Å². The molecule has 0 aliphatic heterocycles. The van der Waals surface area contributed by atoms with E-state index in [0.29, 0.717) is 41.1 Å². The van der Waals surface area contributed by atoms with Crippen molar-refractivity contribution in [2.45, 2.75) is 37.8 Å². The molecule has 0 amide bonds. The Balaban J connectivity index is 1.26. The number of methoxy groups -OCH3 is 1. The van der Waals surface area contributed by atoms with Crippen LogP contribution in [-0.4, -0.2) is 50.6 Å². The van der Waals surface area contributed by atoms with Gasteiger partial charge < -0.3 is 14.2 Å². The van der Waals surface area contributed by atoms with E-state index in [4.69, 9.17) is 19.3 Å². The van der Waals surface area contributed by atoms with Crippen molar-refractivity contribution in [3.05, 3.63) is 94.6 Å². The number of esters is 1. The first-order chi connectivity index (χ1) is 21.9. The van der Waals surface area contributed by atoms with Gasteiger partial charge in [0.05, 0.1) is 29.0 Å². The first-order valence-electron chi connectivity index (χ1n) is 14.1. The smallest absolute Gasteiger partial charge is 0.338 e. The lowest BCUT2D eigenvalue weighted by molar-refractivity contribution is -0.384. The second kappa shape index (κ2) is 12.5. The van der Waals surface area contributed by atoms with Gasteiger partial charge in [-0.15, -0.1) is 0 Å². The number of hydrogen-bond acceptors (Lipinski definition) is 10. The normalized spacial score (nSPS) is 16.2. The molecule has 6 rings (SSSR count). The van der Waals surface area contributed by atoms with Gasteiger partial charge >= 0.3 is 5.97 Å². The fourth-order valence-electron chi connectivity index (χ4n) is 5.46. The first kappa shape index (κ1) is 29.4. The van der Waals surface area contributed by atoms with Crippen LogP contribution in [0, 0.1) is 15.9 Å². The van der Waals surface area contributed by atoms with Crippen LogP contribution in [0.25, 0.3) is 22.3 Å². The van der Waals surface area contributed by atoms with Crippen molar-refractivity contribution < 1.29 is 28.3 Å². The lowest BCUT2D eigenvalue weighted by atomic mass is 9.93. The number of aliphatic imine (C=N–C) groups is 1. The summed E-state index contributed by atoms with van der Waals surface area (Å²) in [5, 5.41) is 16.5. The van der Waals surface area contributed by atoms with Gasteiger partial charge in [0.25, 0.3) is 5.69 Å². The van der Waals surface area contributed by atoms with Gasteiger partial charge in [-0.3, -0.25) is 10.1 Å². The summed E-state index contributed by atoms with van der Waals surface area (Å²) in [5.74, 6) is -0.244. The lowest BCUT2D eigenvalue weighted by Gasteiger charge is -2.29. The van der Waals surface area contributed by atoms with E-state index >= 15 is 0 Å². The second-order valence-corrected chi connectivity index (χ2v) is 10.4. The Morgan fingerprint density at radius 1 is 1.07 bits per heavy atom. The summed E-state index contributed by atoms with van der Waals surface area (Å²) >= 11 is 0. The Labute approximate surface area is 256 Å². The van der Waals surface area contributed by atoms with Crippen molar-refractivity contribution in [3.63, 3.8) is 0 Å². The number of ether oxygens (including phenoxy) is 3. The monoisotopic (exact) mass is 610 g/mol. The molecule has 228 valence electrons. The number of nitro groups is 1. The summed E-state index contributed by atoms with van der Waals surface area (Å²) in [6, 6.07) is 16.9. The molecule has 0 unspecified atom stereocenters. The number of hydrogen-bond donors (Lipinski definition) is 0. The van der Waals surface area contributed by atoms with Gasteiger partial charge in [0.1, 0.15) is 23.9 Å². The van der Waals surface area contributed by atoms with Crippen LogP contribution >= 0.6 is 0 Å². The number of halogens is 1. The van der Waals surface area contributed by atoms with Crippen LogP contribution < -0.4 is 9.47 Å². The fraction of sp³-hybridized carbons (Fsp3) is 0.219. The summed E-state index contributed by atoms with van der Waals surface area (Å²) in [4.78, 5) is 36.2. The minimum atomic E-state index is -0.600. The highest BCUT2D eigenvalue weighted by atomic mass is 19.1. The molecule has 2 heterocycles. The van der Waals surface area contributed by atoms with Crippen LogP contribution in [-0.2, 0) is 4.74 Å². The number of nitro benzene ring substituents is 1.